The molecule has 2 fully saturated rings. The molecule has 6 nitrogen and oxygen atoms in total. The molecule has 1 aromatic heterocycles. The van der Waals surface area contributed by atoms with Crippen LogP contribution in [0.25, 0.3) is 0 Å². The van der Waals surface area contributed by atoms with E-state index in [1.807, 2.05) is 9.47 Å². The van der Waals surface area contributed by atoms with Crippen molar-refractivity contribution in [3.8, 4) is 0 Å². The van der Waals surface area contributed by atoms with Crippen molar-refractivity contribution < 1.29 is 4.79 Å². The summed E-state index contributed by atoms with van der Waals surface area (Å²) in [6, 6.07) is 1.72. The van der Waals surface area contributed by atoms with Gasteiger partial charge in [0, 0.05) is 51.1 Å². The molecule has 0 aromatic carbocycles. The molecule has 3 atom stereocenters. The minimum Gasteiger partial charge on any atom is -0.341 e. The third-order valence-electron chi connectivity index (χ3n) is 6.65. The second-order valence-corrected chi connectivity index (χ2v) is 9.36. The Balaban J connectivity index is 1.40. The second-order valence-electron chi connectivity index (χ2n) is 9.36. The quantitative estimate of drug-likeness (QED) is 0.800. The minimum absolute atomic E-state index is 0.0861. The van der Waals surface area contributed by atoms with Gasteiger partial charge in [0.05, 0.1) is 12.2 Å². The van der Waals surface area contributed by atoms with Crippen molar-refractivity contribution in [1.29, 1.82) is 0 Å². The van der Waals surface area contributed by atoms with Crippen molar-refractivity contribution in [2.75, 3.05) is 32.7 Å². The Bertz CT molecular complexity index is 764. The predicted octanol–water partition coefficient (Wildman–Crippen LogP) is 2.26. The largest absolute Gasteiger partial charge is 0.341 e. The first kappa shape index (κ1) is 19.6. The summed E-state index contributed by atoms with van der Waals surface area (Å²) in [6.07, 6.45) is 6.40. The molecular formula is C22H34N4O2. The van der Waals surface area contributed by atoms with Gasteiger partial charge in [-0.1, -0.05) is 20.3 Å². The zero-order valence-corrected chi connectivity index (χ0v) is 17.4. The highest BCUT2D eigenvalue weighted by molar-refractivity contribution is 5.78. The number of amides is 1. The molecule has 0 unspecified atom stereocenters. The SMILES string of the molecule is C[C@@H]1C[C@H](C)CN(CC(=O)N2CC[C@@H](c3cc(=O)n4c(n3)CCCCC4)C2)C1. The van der Waals surface area contributed by atoms with Crippen LogP contribution in [0.2, 0.25) is 0 Å². The number of aryl methyl sites for hydroxylation is 1. The van der Waals surface area contributed by atoms with Gasteiger partial charge in [0.25, 0.3) is 5.56 Å². The van der Waals surface area contributed by atoms with Crippen LogP contribution in [0.1, 0.15) is 63.4 Å². The summed E-state index contributed by atoms with van der Waals surface area (Å²) in [5, 5.41) is 0. The number of aromatic nitrogens is 2. The van der Waals surface area contributed by atoms with Gasteiger partial charge in [-0.05, 0) is 37.5 Å². The maximum absolute atomic E-state index is 12.8. The Kier molecular flexibility index (Phi) is 5.85. The van der Waals surface area contributed by atoms with Crippen LogP contribution in [-0.4, -0.2) is 58.0 Å². The number of fused-ring (bicyclic) bond motifs is 1. The van der Waals surface area contributed by atoms with E-state index in [0.29, 0.717) is 24.9 Å². The number of carbonyl (C=O) groups excluding carboxylic acids is 1. The van der Waals surface area contributed by atoms with Crippen LogP contribution in [0, 0.1) is 11.8 Å². The van der Waals surface area contributed by atoms with E-state index in [-0.39, 0.29) is 17.4 Å². The summed E-state index contributed by atoms with van der Waals surface area (Å²) in [4.78, 5) is 34.6. The van der Waals surface area contributed by atoms with Crippen molar-refractivity contribution in [3.05, 3.63) is 27.9 Å². The summed E-state index contributed by atoms with van der Waals surface area (Å²) in [7, 11) is 0. The van der Waals surface area contributed by atoms with E-state index in [1.165, 1.54) is 6.42 Å². The average molecular weight is 387 g/mol. The molecule has 154 valence electrons. The van der Waals surface area contributed by atoms with Gasteiger partial charge in [0.2, 0.25) is 5.91 Å². The minimum atomic E-state index is 0.0861. The van der Waals surface area contributed by atoms with Gasteiger partial charge >= 0.3 is 0 Å². The lowest BCUT2D eigenvalue weighted by atomic mass is 9.92. The molecule has 3 aliphatic rings. The van der Waals surface area contributed by atoms with Gasteiger partial charge in [0.1, 0.15) is 5.82 Å². The van der Waals surface area contributed by atoms with E-state index in [1.54, 1.807) is 6.07 Å². The molecule has 28 heavy (non-hydrogen) atoms. The maximum Gasteiger partial charge on any atom is 0.253 e. The molecule has 0 radical (unpaired) electrons. The smallest absolute Gasteiger partial charge is 0.253 e. The van der Waals surface area contributed by atoms with Crippen molar-refractivity contribution in [3.63, 3.8) is 0 Å². The number of hydrogen-bond donors (Lipinski definition) is 0. The van der Waals surface area contributed by atoms with Crippen LogP contribution >= 0.6 is 0 Å². The molecule has 0 bridgehead atoms. The number of nitrogens with zero attached hydrogens (tertiary/aromatic N) is 4. The van der Waals surface area contributed by atoms with Gasteiger partial charge < -0.3 is 4.90 Å². The Morgan fingerprint density at radius 1 is 1.11 bits per heavy atom. The fourth-order valence-electron chi connectivity index (χ4n) is 5.38. The molecule has 1 amide bonds. The van der Waals surface area contributed by atoms with Gasteiger partial charge in [0.15, 0.2) is 0 Å². The molecule has 4 rings (SSSR count). The number of piperidine rings is 1. The summed E-state index contributed by atoms with van der Waals surface area (Å²) < 4.78 is 1.85. The summed E-state index contributed by atoms with van der Waals surface area (Å²) in [5.41, 5.74) is 0.983. The highest BCUT2D eigenvalue weighted by atomic mass is 16.2. The lowest BCUT2D eigenvalue weighted by Crippen LogP contribution is -2.45. The lowest BCUT2D eigenvalue weighted by molar-refractivity contribution is -0.132. The number of carbonyl (C=O) groups is 1. The highest BCUT2D eigenvalue weighted by Gasteiger charge is 2.31. The third-order valence-corrected chi connectivity index (χ3v) is 6.65. The van der Waals surface area contributed by atoms with Gasteiger partial charge in [-0.3, -0.25) is 19.1 Å². The zero-order chi connectivity index (χ0) is 19.7. The van der Waals surface area contributed by atoms with Crippen LogP contribution in [-0.2, 0) is 17.8 Å². The predicted molar refractivity (Wildman–Crippen MR) is 109 cm³/mol. The monoisotopic (exact) mass is 386 g/mol. The fourth-order valence-corrected chi connectivity index (χ4v) is 5.38. The molecule has 0 saturated carbocycles. The first-order valence-corrected chi connectivity index (χ1v) is 11.1. The van der Waals surface area contributed by atoms with E-state index < -0.39 is 0 Å². The Hall–Kier alpha value is -1.69. The molecule has 0 N–H and O–H groups in total. The van der Waals surface area contributed by atoms with E-state index in [0.717, 1.165) is 69.8 Å². The molecular weight excluding hydrogens is 352 g/mol. The normalized spacial score (nSPS) is 28.8. The molecule has 1 aromatic rings. The van der Waals surface area contributed by atoms with Crippen molar-refractivity contribution in [1.82, 2.24) is 19.4 Å². The van der Waals surface area contributed by atoms with Gasteiger partial charge in [-0.15, -0.1) is 0 Å². The molecule has 3 aliphatic heterocycles. The van der Waals surface area contributed by atoms with Crippen molar-refractivity contribution in [2.45, 2.75) is 64.8 Å². The van der Waals surface area contributed by atoms with Crippen LogP contribution < -0.4 is 5.56 Å². The van der Waals surface area contributed by atoms with Crippen LogP contribution in [0.5, 0.6) is 0 Å². The fraction of sp³-hybridized carbons (Fsp3) is 0.773. The molecule has 4 heterocycles. The standard InChI is InChI=1S/C22H34N4O2/c1-16-10-17(2)13-24(12-16)15-22(28)25-9-7-18(14-25)19-11-21(27)26-8-5-3-4-6-20(26)23-19/h11,16-18H,3-10,12-15H2,1-2H3/t16-,17+,18-/m1/s1. The summed E-state index contributed by atoms with van der Waals surface area (Å²) in [5.74, 6) is 2.71. The molecule has 6 heteroatoms. The van der Waals surface area contributed by atoms with Crippen molar-refractivity contribution in [2.24, 2.45) is 11.8 Å². The molecule has 2 saturated heterocycles. The maximum atomic E-state index is 12.8. The van der Waals surface area contributed by atoms with E-state index in [4.69, 9.17) is 4.98 Å². The number of likely N-dealkylation sites (tertiary alicyclic amines) is 2. The van der Waals surface area contributed by atoms with E-state index in [2.05, 4.69) is 18.7 Å². The average Bonchev–Trinajstić information content (AvgIpc) is 3.00. The molecule has 0 aliphatic carbocycles. The van der Waals surface area contributed by atoms with E-state index >= 15 is 0 Å². The van der Waals surface area contributed by atoms with Crippen LogP contribution in [0.4, 0.5) is 0 Å². The first-order chi connectivity index (χ1) is 13.5. The highest BCUT2D eigenvalue weighted by Crippen LogP contribution is 2.27. The lowest BCUT2D eigenvalue weighted by Gasteiger charge is -2.35. The molecule has 0 spiro atoms. The number of hydrogen-bond acceptors (Lipinski definition) is 4. The zero-order valence-electron chi connectivity index (χ0n) is 17.4. The van der Waals surface area contributed by atoms with Crippen LogP contribution in [0.3, 0.4) is 0 Å². The van der Waals surface area contributed by atoms with Crippen molar-refractivity contribution >= 4 is 5.91 Å². The Morgan fingerprint density at radius 3 is 2.68 bits per heavy atom. The first-order valence-electron chi connectivity index (χ1n) is 11.1. The van der Waals surface area contributed by atoms with Gasteiger partial charge in [-0.2, -0.15) is 0 Å². The summed E-state index contributed by atoms with van der Waals surface area (Å²) in [6.45, 7) is 9.41. The van der Waals surface area contributed by atoms with Crippen LogP contribution in [0.15, 0.2) is 10.9 Å². The third kappa shape index (κ3) is 4.32. The Morgan fingerprint density at radius 2 is 1.89 bits per heavy atom. The Labute approximate surface area is 167 Å². The topological polar surface area (TPSA) is 58.4 Å². The van der Waals surface area contributed by atoms with E-state index in [9.17, 15) is 9.59 Å². The summed E-state index contributed by atoms with van der Waals surface area (Å²) >= 11 is 0. The second kappa shape index (κ2) is 8.36. The number of rotatable bonds is 3. The van der Waals surface area contributed by atoms with Gasteiger partial charge in [-0.25, -0.2) is 4.98 Å².